The van der Waals surface area contributed by atoms with Crippen molar-refractivity contribution in [1.82, 2.24) is 0 Å². The summed E-state index contributed by atoms with van der Waals surface area (Å²) in [5, 5.41) is 21.3. The summed E-state index contributed by atoms with van der Waals surface area (Å²) in [7, 11) is 3.84. The maximum Gasteiger partial charge on any atom is 0.255 e. The summed E-state index contributed by atoms with van der Waals surface area (Å²) in [5.74, 6) is -0.521. The van der Waals surface area contributed by atoms with Crippen molar-refractivity contribution in [1.29, 1.82) is 0 Å². The molecule has 0 saturated carbocycles. The van der Waals surface area contributed by atoms with Gasteiger partial charge < -0.3 is 20.4 Å². The average molecular weight is 272 g/mol. The van der Waals surface area contributed by atoms with E-state index in [-0.39, 0.29) is 17.4 Å². The Kier molecular flexibility index (Phi) is 3.79. The monoisotopic (exact) mass is 272 g/mol. The van der Waals surface area contributed by atoms with Crippen molar-refractivity contribution >= 4 is 17.3 Å². The van der Waals surface area contributed by atoms with Crippen molar-refractivity contribution in [3.63, 3.8) is 0 Å². The summed E-state index contributed by atoms with van der Waals surface area (Å²) < 4.78 is 0. The second-order valence-electron chi connectivity index (χ2n) is 4.63. The number of carbonyl (C=O) groups excluding carboxylic acids is 1. The first-order chi connectivity index (χ1) is 9.45. The second kappa shape index (κ2) is 5.52. The zero-order valence-corrected chi connectivity index (χ0v) is 11.3. The first-order valence-electron chi connectivity index (χ1n) is 6.07. The molecule has 2 rings (SSSR count). The Bertz CT molecular complexity index is 601. The molecule has 5 heteroatoms. The number of aromatic hydroxyl groups is 2. The second-order valence-corrected chi connectivity index (χ2v) is 4.63. The fraction of sp³-hybridized carbons (Fsp3) is 0.133. The van der Waals surface area contributed by atoms with Gasteiger partial charge in [-0.15, -0.1) is 0 Å². The number of benzene rings is 2. The minimum absolute atomic E-state index is 0.108. The Balaban J connectivity index is 2.15. The lowest BCUT2D eigenvalue weighted by Gasteiger charge is -2.12. The van der Waals surface area contributed by atoms with Gasteiger partial charge in [-0.2, -0.15) is 0 Å². The highest BCUT2D eigenvalue weighted by atomic mass is 16.3. The Hall–Kier alpha value is -2.69. The molecule has 0 aliphatic rings. The van der Waals surface area contributed by atoms with E-state index in [1.54, 1.807) is 12.1 Å². The molecule has 0 radical (unpaired) electrons. The third kappa shape index (κ3) is 3.20. The van der Waals surface area contributed by atoms with Gasteiger partial charge in [0.2, 0.25) is 0 Å². The zero-order valence-electron chi connectivity index (χ0n) is 11.3. The highest BCUT2D eigenvalue weighted by Gasteiger charge is 2.08. The lowest BCUT2D eigenvalue weighted by molar-refractivity contribution is 0.102. The number of nitrogens with zero attached hydrogens (tertiary/aromatic N) is 1. The number of hydrogen-bond donors (Lipinski definition) is 3. The van der Waals surface area contributed by atoms with Gasteiger partial charge in [0.05, 0.1) is 0 Å². The Morgan fingerprint density at radius 1 is 1.00 bits per heavy atom. The van der Waals surface area contributed by atoms with Gasteiger partial charge in [-0.1, -0.05) is 0 Å². The van der Waals surface area contributed by atoms with Gasteiger partial charge in [-0.25, -0.2) is 0 Å². The van der Waals surface area contributed by atoms with Gasteiger partial charge in [-0.05, 0) is 24.3 Å². The predicted molar refractivity (Wildman–Crippen MR) is 78.5 cm³/mol. The Labute approximate surface area is 117 Å². The van der Waals surface area contributed by atoms with E-state index in [0.717, 1.165) is 5.69 Å². The van der Waals surface area contributed by atoms with Crippen molar-refractivity contribution < 1.29 is 15.0 Å². The molecule has 5 nitrogen and oxygen atoms in total. The topological polar surface area (TPSA) is 72.8 Å². The lowest BCUT2D eigenvalue weighted by atomic mass is 10.2. The first kappa shape index (κ1) is 13.7. The van der Waals surface area contributed by atoms with Crippen LogP contribution in [0.2, 0.25) is 0 Å². The van der Waals surface area contributed by atoms with Crippen LogP contribution in [0.4, 0.5) is 11.4 Å². The molecule has 0 fully saturated rings. The molecular weight excluding hydrogens is 256 g/mol. The Morgan fingerprint density at radius 2 is 1.55 bits per heavy atom. The van der Waals surface area contributed by atoms with Gasteiger partial charge in [0.15, 0.2) is 0 Å². The van der Waals surface area contributed by atoms with Crippen molar-refractivity contribution in [3.05, 3.63) is 48.0 Å². The van der Waals surface area contributed by atoms with Crippen molar-refractivity contribution in [2.24, 2.45) is 0 Å². The zero-order chi connectivity index (χ0) is 14.7. The van der Waals surface area contributed by atoms with Crippen LogP contribution in [0.25, 0.3) is 0 Å². The normalized spacial score (nSPS) is 10.1. The number of phenolic OH excluding ortho intramolecular Hbond substituents is 2. The van der Waals surface area contributed by atoms with E-state index in [0.29, 0.717) is 11.3 Å². The molecule has 0 aliphatic carbocycles. The lowest BCUT2D eigenvalue weighted by Crippen LogP contribution is -2.13. The van der Waals surface area contributed by atoms with E-state index < -0.39 is 0 Å². The van der Waals surface area contributed by atoms with Crippen molar-refractivity contribution in [2.75, 3.05) is 24.3 Å². The van der Waals surface area contributed by atoms with Crippen LogP contribution in [0.3, 0.4) is 0 Å². The molecule has 20 heavy (non-hydrogen) atoms. The fourth-order valence-electron chi connectivity index (χ4n) is 1.78. The Morgan fingerprint density at radius 3 is 2.05 bits per heavy atom. The van der Waals surface area contributed by atoms with Gasteiger partial charge in [0, 0.05) is 49.2 Å². The maximum atomic E-state index is 12.0. The smallest absolute Gasteiger partial charge is 0.255 e. The van der Waals surface area contributed by atoms with Gasteiger partial charge in [0.25, 0.3) is 5.91 Å². The van der Waals surface area contributed by atoms with Crippen LogP contribution in [0.15, 0.2) is 42.5 Å². The minimum atomic E-state index is -0.305. The van der Waals surface area contributed by atoms with Gasteiger partial charge >= 0.3 is 0 Å². The van der Waals surface area contributed by atoms with Gasteiger partial charge in [0.1, 0.15) is 11.5 Å². The summed E-state index contributed by atoms with van der Waals surface area (Å²) in [6, 6.07) is 11.0. The van der Waals surface area contributed by atoms with E-state index in [9.17, 15) is 15.0 Å². The van der Waals surface area contributed by atoms with Crippen LogP contribution in [0.5, 0.6) is 11.5 Å². The molecule has 2 aromatic rings. The summed E-state index contributed by atoms with van der Waals surface area (Å²) in [6.07, 6.45) is 0. The largest absolute Gasteiger partial charge is 0.508 e. The summed E-state index contributed by atoms with van der Waals surface area (Å²) in [4.78, 5) is 14.0. The number of carbonyl (C=O) groups is 1. The molecule has 104 valence electrons. The van der Waals surface area contributed by atoms with E-state index in [1.165, 1.54) is 18.2 Å². The summed E-state index contributed by atoms with van der Waals surface area (Å²) >= 11 is 0. The van der Waals surface area contributed by atoms with Crippen molar-refractivity contribution in [3.8, 4) is 11.5 Å². The molecule has 0 unspecified atom stereocenters. The molecule has 0 heterocycles. The van der Waals surface area contributed by atoms with E-state index in [4.69, 9.17) is 0 Å². The van der Waals surface area contributed by atoms with E-state index >= 15 is 0 Å². The van der Waals surface area contributed by atoms with E-state index in [1.807, 2.05) is 31.1 Å². The highest BCUT2D eigenvalue weighted by Crippen LogP contribution is 2.24. The predicted octanol–water partition coefficient (Wildman–Crippen LogP) is 2.42. The molecule has 0 aromatic heterocycles. The van der Waals surface area contributed by atoms with Gasteiger partial charge in [-0.3, -0.25) is 4.79 Å². The highest BCUT2D eigenvalue weighted by molar-refractivity contribution is 6.04. The number of phenols is 2. The SMILES string of the molecule is CN(C)c1ccc(C(=O)Nc2cc(O)cc(O)c2)cc1. The molecule has 0 saturated heterocycles. The molecule has 0 aliphatic heterocycles. The maximum absolute atomic E-state index is 12.0. The fourth-order valence-corrected chi connectivity index (χ4v) is 1.78. The quantitative estimate of drug-likeness (QED) is 0.802. The van der Waals surface area contributed by atoms with E-state index in [2.05, 4.69) is 5.32 Å². The van der Waals surface area contributed by atoms with Crippen LogP contribution < -0.4 is 10.2 Å². The molecule has 0 spiro atoms. The molecule has 0 atom stereocenters. The number of hydrogen-bond acceptors (Lipinski definition) is 4. The molecule has 1 amide bonds. The van der Waals surface area contributed by atoms with Crippen LogP contribution in [-0.2, 0) is 0 Å². The average Bonchev–Trinajstić information content (AvgIpc) is 2.37. The van der Waals surface area contributed by atoms with Crippen LogP contribution in [0, 0.1) is 0 Å². The van der Waals surface area contributed by atoms with Crippen LogP contribution in [0.1, 0.15) is 10.4 Å². The third-order valence-corrected chi connectivity index (χ3v) is 2.81. The van der Waals surface area contributed by atoms with Crippen molar-refractivity contribution in [2.45, 2.75) is 0 Å². The standard InChI is InChI=1S/C15H16N2O3/c1-17(2)12-5-3-10(4-6-12)15(20)16-11-7-13(18)9-14(19)8-11/h3-9,18-19H,1-2H3,(H,16,20). The minimum Gasteiger partial charge on any atom is -0.508 e. The summed E-state index contributed by atoms with van der Waals surface area (Å²) in [5.41, 5.74) is 1.83. The molecular formula is C15H16N2O3. The van der Waals surface area contributed by atoms with Crippen LogP contribution >= 0.6 is 0 Å². The summed E-state index contributed by atoms with van der Waals surface area (Å²) in [6.45, 7) is 0. The molecule has 2 aromatic carbocycles. The van der Waals surface area contributed by atoms with Crippen LogP contribution in [-0.4, -0.2) is 30.2 Å². The number of anilines is 2. The third-order valence-electron chi connectivity index (χ3n) is 2.81. The number of rotatable bonds is 3. The molecule has 0 bridgehead atoms. The number of nitrogens with one attached hydrogen (secondary N) is 1. The molecule has 3 N–H and O–H groups in total. The number of amides is 1. The first-order valence-corrected chi connectivity index (χ1v) is 6.07.